The van der Waals surface area contributed by atoms with Crippen LogP contribution in [-0.4, -0.2) is 17.9 Å². The first-order valence-electron chi connectivity index (χ1n) is 4.71. The molecule has 0 aromatic heterocycles. The van der Waals surface area contributed by atoms with Gasteiger partial charge in [-0.25, -0.2) is 4.39 Å². The van der Waals surface area contributed by atoms with Crippen LogP contribution in [0, 0.1) is 5.82 Å². The summed E-state index contributed by atoms with van der Waals surface area (Å²) < 4.78 is 50.5. The lowest BCUT2D eigenvalue weighted by molar-refractivity contribution is -0.224. The molecule has 0 saturated carbocycles. The highest BCUT2D eigenvalue weighted by Crippen LogP contribution is 2.30. The predicted octanol–water partition coefficient (Wildman–Crippen LogP) is 2.48. The average Bonchev–Trinajstić information content (AvgIpc) is 2.70. The number of nitrogens with zero attached hydrogens (tertiary/aromatic N) is 2. The van der Waals surface area contributed by atoms with Gasteiger partial charge in [0.15, 0.2) is 0 Å². The molecule has 1 aromatic carbocycles. The van der Waals surface area contributed by atoms with Crippen LogP contribution >= 0.6 is 0 Å². The van der Waals surface area contributed by atoms with Crippen LogP contribution in [0.15, 0.2) is 30.6 Å². The summed E-state index contributed by atoms with van der Waals surface area (Å²) in [7, 11) is 0. The molecule has 3 nitrogen and oxygen atoms in total. The zero-order valence-electron chi connectivity index (χ0n) is 8.58. The highest BCUT2D eigenvalue weighted by Gasteiger charge is 2.38. The number of alkyl halides is 3. The van der Waals surface area contributed by atoms with Crippen molar-refractivity contribution in [3.05, 3.63) is 36.4 Å². The zero-order chi connectivity index (χ0) is 12.6. The minimum Gasteiger partial charge on any atom is -0.399 e. The molecule has 1 heterocycles. The monoisotopic (exact) mass is 247 g/mol. The number of hydrogen-bond acceptors (Lipinski definition) is 3. The molecule has 0 atom stereocenters. The molecule has 17 heavy (non-hydrogen) atoms. The largest absolute Gasteiger partial charge is 0.485 e. The summed E-state index contributed by atoms with van der Waals surface area (Å²) in [5, 5.41) is 0. The molecule has 0 amide bonds. The fourth-order valence-electron chi connectivity index (χ4n) is 1.49. The number of nitrogen functional groups attached to an aromatic ring is 1. The SMILES string of the molecule is Nc1ccc(F)c(N2C=CN(C(F)(F)F)C2)c1. The van der Waals surface area contributed by atoms with Crippen molar-refractivity contribution < 1.29 is 17.6 Å². The number of hydrogen-bond donors (Lipinski definition) is 1. The van der Waals surface area contributed by atoms with Gasteiger partial charge in [0.2, 0.25) is 0 Å². The van der Waals surface area contributed by atoms with Gasteiger partial charge < -0.3 is 10.6 Å². The van der Waals surface area contributed by atoms with Gasteiger partial charge >= 0.3 is 6.30 Å². The molecular formula is C10H9F4N3. The molecule has 0 spiro atoms. The van der Waals surface area contributed by atoms with E-state index >= 15 is 0 Å². The minimum atomic E-state index is -4.47. The van der Waals surface area contributed by atoms with E-state index in [1.54, 1.807) is 0 Å². The zero-order valence-corrected chi connectivity index (χ0v) is 8.58. The van der Waals surface area contributed by atoms with Gasteiger partial charge in [-0.3, -0.25) is 4.90 Å². The smallest absolute Gasteiger partial charge is 0.399 e. The van der Waals surface area contributed by atoms with Gasteiger partial charge in [-0.1, -0.05) is 0 Å². The first-order valence-corrected chi connectivity index (χ1v) is 4.71. The van der Waals surface area contributed by atoms with Crippen LogP contribution in [0.4, 0.5) is 28.9 Å². The van der Waals surface area contributed by atoms with Crippen molar-refractivity contribution in [1.82, 2.24) is 4.90 Å². The molecule has 7 heteroatoms. The van der Waals surface area contributed by atoms with E-state index in [1.165, 1.54) is 12.1 Å². The summed E-state index contributed by atoms with van der Waals surface area (Å²) in [5.41, 5.74) is 5.78. The second kappa shape index (κ2) is 3.83. The summed E-state index contributed by atoms with van der Waals surface area (Å²) in [6.45, 7) is -0.482. The lowest BCUT2D eigenvalue weighted by atomic mass is 10.2. The minimum absolute atomic E-state index is 0.0213. The summed E-state index contributed by atoms with van der Waals surface area (Å²) in [5.74, 6) is -0.618. The fourth-order valence-corrected chi connectivity index (χ4v) is 1.49. The summed E-state index contributed by atoms with van der Waals surface area (Å²) in [6.07, 6.45) is -2.46. The molecular weight excluding hydrogens is 238 g/mol. The number of rotatable bonds is 1. The maximum Gasteiger partial charge on any atom is 0.485 e. The first-order chi connectivity index (χ1) is 7.88. The molecule has 0 aliphatic carbocycles. The number of anilines is 2. The first kappa shape index (κ1) is 11.6. The van der Waals surface area contributed by atoms with Crippen LogP contribution in [-0.2, 0) is 0 Å². The topological polar surface area (TPSA) is 32.5 Å². The van der Waals surface area contributed by atoms with Crippen LogP contribution in [0.2, 0.25) is 0 Å². The fraction of sp³-hybridized carbons (Fsp3) is 0.200. The Morgan fingerprint density at radius 3 is 2.47 bits per heavy atom. The summed E-state index contributed by atoms with van der Waals surface area (Å²) >= 11 is 0. The molecule has 2 N–H and O–H groups in total. The Balaban J connectivity index is 2.22. The molecule has 0 saturated heterocycles. The molecule has 0 bridgehead atoms. The Morgan fingerprint density at radius 1 is 1.18 bits per heavy atom. The van der Waals surface area contributed by atoms with Gasteiger partial charge in [-0.15, -0.1) is 0 Å². The van der Waals surface area contributed by atoms with E-state index in [4.69, 9.17) is 5.73 Å². The van der Waals surface area contributed by atoms with Gasteiger partial charge in [0.25, 0.3) is 0 Å². The maximum atomic E-state index is 13.4. The maximum absolute atomic E-state index is 13.4. The molecule has 2 rings (SSSR count). The Bertz CT molecular complexity index is 455. The number of benzene rings is 1. The van der Waals surface area contributed by atoms with Crippen LogP contribution in [0.3, 0.4) is 0 Å². The van der Waals surface area contributed by atoms with E-state index in [9.17, 15) is 17.6 Å². The number of halogens is 4. The van der Waals surface area contributed by atoms with Crippen molar-refractivity contribution in [2.45, 2.75) is 6.30 Å². The van der Waals surface area contributed by atoms with Gasteiger partial charge in [0, 0.05) is 18.1 Å². The van der Waals surface area contributed by atoms with Crippen molar-refractivity contribution in [2.24, 2.45) is 0 Å². The molecule has 0 unspecified atom stereocenters. The molecule has 0 fully saturated rings. The van der Waals surface area contributed by atoms with Crippen molar-refractivity contribution in [2.75, 3.05) is 17.3 Å². The normalized spacial score (nSPS) is 15.8. The van der Waals surface area contributed by atoms with Crippen LogP contribution < -0.4 is 10.6 Å². The Morgan fingerprint density at radius 2 is 1.88 bits per heavy atom. The molecule has 92 valence electrons. The van der Waals surface area contributed by atoms with Gasteiger partial charge in [0.1, 0.15) is 12.5 Å². The molecule has 0 radical (unpaired) electrons. The van der Waals surface area contributed by atoms with Gasteiger partial charge in [0.05, 0.1) is 5.69 Å². The van der Waals surface area contributed by atoms with Crippen LogP contribution in [0.1, 0.15) is 0 Å². The van der Waals surface area contributed by atoms with Crippen molar-refractivity contribution >= 4 is 11.4 Å². The Labute approximate surface area is 94.7 Å². The highest BCUT2D eigenvalue weighted by atomic mass is 19.4. The number of nitrogens with two attached hydrogens (primary N) is 1. The third kappa shape index (κ3) is 2.27. The lowest BCUT2D eigenvalue weighted by Gasteiger charge is -2.23. The third-order valence-corrected chi connectivity index (χ3v) is 2.34. The van der Waals surface area contributed by atoms with Crippen LogP contribution in [0.5, 0.6) is 0 Å². The van der Waals surface area contributed by atoms with E-state index in [0.717, 1.165) is 23.4 Å². The quantitative estimate of drug-likeness (QED) is 0.470. The van der Waals surface area contributed by atoms with E-state index in [0.29, 0.717) is 5.69 Å². The summed E-state index contributed by atoms with van der Waals surface area (Å²) in [4.78, 5) is 1.29. The van der Waals surface area contributed by atoms with E-state index in [2.05, 4.69) is 0 Å². The molecule has 1 aliphatic rings. The van der Waals surface area contributed by atoms with Crippen molar-refractivity contribution in [3.63, 3.8) is 0 Å². The Hall–Kier alpha value is -1.92. The third-order valence-electron chi connectivity index (χ3n) is 2.34. The van der Waals surface area contributed by atoms with Crippen LogP contribution in [0.25, 0.3) is 0 Å². The van der Waals surface area contributed by atoms with E-state index in [1.807, 2.05) is 0 Å². The standard InChI is InChI=1S/C10H9F4N3/c11-8-2-1-7(15)5-9(8)16-3-4-17(6-16)10(12,13)14/h1-5H,6,15H2. The average molecular weight is 247 g/mol. The lowest BCUT2D eigenvalue weighted by Crippen LogP contribution is -2.36. The summed E-state index contributed by atoms with van der Waals surface area (Å²) in [6, 6.07) is 3.76. The van der Waals surface area contributed by atoms with E-state index in [-0.39, 0.29) is 10.6 Å². The van der Waals surface area contributed by atoms with Gasteiger partial charge in [-0.05, 0) is 18.2 Å². The second-order valence-corrected chi connectivity index (χ2v) is 3.56. The molecule has 1 aliphatic heterocycles. The second-order valence-electron chi connectivity index (χ2n) is 3.56. The predicted molar refractivity (Wildman–Crippen MR) is 55.2 cm³/mol. The Kier molecular flexibility index (Phi) is 2.60. The van der Waals surface area contributed by atoms with E-state index < -0.39 is 18.8 Å². The molecule has 1 aromatic rings. The highest BCUT2D eigenvalue weighted by molar-refractivity contribution is 5.59. The van der Waals surface area contributed by atoms with Crippen molar-refractivity contribution in [3.8, 4) is 0 Å². The van der Waals surface area contributed by atoms with Gasteiger partial charge in [-0.2, -0.15) is 13.2 Å². The van der Waals surface area contributed by atoms with Crippen molar-refractivity contribution in [1.29, 1.82) is 0 Å².